The Balaban J connectivity index is 2.03. The fourth-order valence-corrected chi connectivity index (χ4v) is 2.81. The molecule has 0 bridgehead atoms. The van der Waals surface area contributed by atoms with Crippen molar-refractivity contribution in [3.63, 3.8) is 0 Å². The number of anilines is 1. The van der Waals surface area contributed by atoms with Gasteiger partial charge in [-0.3, -0.25) is 4.99 Å². The molecule has 1 atom stereocenters. The Morgan fingerprint density at radius 3 is 2.76 bits per heavy atom. The number of amidine groups is 1. The predicted octanol–water partition coefficient (Wildman–Crippen LogP) is 3.65. The molecular formula is C12H14F2N2S. The van der Waals surface area contributed by atoms with Crippen LogP contribution in [0.3, 0.4) is 0 Å². The van der Waals surface area contributed by atoms with E-state index < -0.39 is 11.6 Å². The van der Waals surface area contributed by atoms with E-state index in [2.05, 4.69) is 17.2 Å². The van der Waals surface area contributed by atoms with Crippen molar-refractivity contribution >= 4 is 22.6 Å². The average molecular weight is 256 g/mol. The van der Waals surface area contributed by atoms with Crippen molar-refractivity contribution in [2.24, 2.45) is 4.99 Å². The number of nitrogens with zero attached hydrogens (tertiary/aromatic N) is 1. The van der Waals surface area contributed by atoms with Crippen molar-refractivity contribution in [2.75, 3.05) is 11.9 Å². The van der Waals surface area contributed by atoms with Gasteiger partial charge in [0.15, 0.2) is 5.17 Å². The van der Waals surface area contributed by atoms with Crippen LogP contribution in [-0.2, 0) is 0 Å². The highest BCUT2D eigenvalue weighted by Crippen LogP contribution is 2.27. The van der Waals surface area contributed by atoms with Gasteiger partial charge in [-0.05, 0) is 18.6 Å². The van der Waals surface area contributed by atoms with Crippen molar-refractivity contribution in [3.05, 3.63) is 29.8 Å². The number of hydrogen-bond acceptors (Lipinski definition) is 3. The molecule has 0 fully saturated rings. The standard InChI is InChI=1S/C12H14F2N2S/c1-2-4-8-7-15-12(17-8)16-11-9(13)5-3-6-10(11)14/h3,5-6,8H,2,4,7H2,1H3,(H,15,16). The number of halogens is 2. The predicted molar refractivity (Wildman–Crippen MR) is 68.6 cm³/mol. The Bertz CT molecular complexity index is 414. The molecule has 5 heteroatoms. The zero-order chi connectivity index (χ0) is 12.3. The summed E-state index contributed by atoms with van der Waals surface area (Å²) < 4.78 is 26.8. The lowest BCUT2D eigenvalue weighted by Crippen LogP contribution is -2.10. The van der Waals surface area contributed by atoms with Crippen LogP contribution in [0.5, 0.6) is 0 Å². The summed E-state index contributed by atoms with van der Waals surface area (Å²) in [6.45, 7) is 2.83. The number of rotatable bonds is 3. The van der Waals surface area contributed by atoms with Crippen LogP contribution in [-0.4, -0.2) is 17.0 Å². The maximum Gasteiger partial charge on any atom is 0.161 e. The second-order valence-electron chi connectivity index (χ2n) is 3.90. The molecule has 0 aliphatic carbocycles. The highest BCUT2D eigenvalue weighted by atomic mass is 32.2. The minimum Gasteiger partial charge on any atom is -0.330 e. The van der Waals surface area contributed by atoms with Crippen molar-refractivity contribution < 1.29 is 8.78 Å². The van der Waals surface area contributed by atoms with Gasteiger partial charge in [-0.15, -0.1) is 0 Å². The third kappa shape index (κ3) is 2.97. The maximum atomic E-state index is 13.4. The maximum absolute atomic E-state index is 13.4. The van der Waals surface area contributed by atoms with E-state index in [-0.39, 0.29) is 5.69 Å². The number of hydrogen-bond donors (Lipinski definition) is 1. The SMILES string of the molecule is CCCC1CN=C(Nc2c(F)cccc2F)S1. The minimum atomic E-state index is -0.591. The molecule has 2 rings (SSSR count). The van der Waals surface area contributed by atoms with Crippen LogP contribution in [0, 0.1) is 11.6 Å². The number of para-hydroxylation sites is 1. The Morgan fingerprint density at radius 2 is 2.12 bits per heavy atom. The van der Waals surface area contributed by atoms with Gasteiger partial charge in [0.2, 0.25) is 0 Å². The summed E-state index contributed by atoms with van der Waals surface area (Å²) in [4.78, 5) is 4.25. The number of benzene rings is 1. The minimum absolute atomic E-state index is 0.115. The van der Waals surface area contributed by atoms with Gasteiger partial charge in [0.05, 0.1) is 6.54 Å². The van der Waals surface area contributed by atoms with E-state index in [1.165, 1.54) is 18.2 Å². The van der Waals surface area contributed by atoms with Crippen LogP contribution >= 0.6 is 11.8 Å². The van der Waals surface area contributed by atoms with E-state index in [9.17, 15) is 8.78 Å². The highest BCUT2D eigenvalue weighted by molar-refractivity contribution is 8.15. The summed E-state index contributed by atoms with van der Waals surface area (Å²) in [6, 6.07) is 3.81. The van der Waals surface area contributed by atoms with Crippen LogP contribution in [0.2, 0.25) is 0 Å². The van der Waals surface area contributed by atoms with Crippen molar-refractivity contribution in [1.29, 1.82) is 0 Å². The molecule has 0 saturated carbocycles. The van der Waals surface area contributed by atoms with Gasteiger partial charge in [-0.2, -0.15) is 0 Å². The molecule has 1 unspecified atom stereocenters. The summed E-state index contributed by atoms with van der Waals surface area (Å²) in [5.41, 5.74) is -0.115. The molecule has 1 heterocycles. The van der Waals surface area contributed by atoms with E-state index in [1.54, 1.807) is 11.8 Å². The third-order valence-corrected chi connectivity index (χ3v) is 3.69. The largest absolute Gasteiger partial charge is 0.330 e. The molecule has 0 amide bonds. The van der Waals surface area contributed by atoms with Crippen molar-refractivity contribution in [2.45, 2.75) is 25.0 Å². The van der Waals surface area contributed by atoms with Gasteiger partial charge < -0.3 is 5.32 Å². The first-order valence-electron chi connectivity index (χ1n) is 5.63. The molecular weight excluding hydrogens is 242 g/mol. The van der Waals surface area contributed by atoms with Crippen LogP contribution in [0.1, 0.15) is 19.8 Å². The summed E-state index contributed by atoms with van der Waals surface area (Å²) in [5, 5.41) is 3.76. The van der Waals surface area contributed by atoms with Crippen LogP contribution in [0.25, 0.3) is 0 Å². The van der Waals surface area contributed by atoms with Crippen LogP contribution in [0.4, 0.5) is 14.5 Å². The summed E-state index contributed by atoms with van der Waals surface area (Å²) >= 11 is 1.55. The van der Waals surface area contributed by atoms with Gasteiger partial charge in [0.1, 0.15) is 17.3 Å². The normalized spacial score (nSPS) is 19.2. The molecule has 2 nitrogen and oxygen atoms in total. The molecule has 1 aliphatic rings. The molecule has 0 spiro atoms. The highest BCUT2D eigenvalue weighted by Gasteiger charge is 2.20. The van der Waals surface area contributed by atoms with E-state index >= 15 is 0 Å². The summed E-state index contributed by atoms with van der Waals surface area (Å²) in [7, 11) is 0. The van der Waals surface area contributed by atoms with Gasteiger partial charge in [-0.1, -0.05) is 31.2 Å². The Hall–Kier alpha value is -1.10. The topological polar surface area (TPSA) is 24.4 Å². The Kier molecular flexibility index (Phi) is 3.99. The molecule has 1 aliphatic heterocycles. The summed E-state index contributed by atoms with van der Waals surface area (Å²) in [6.07, 6.45) is 2.16. The number of aliphatic imine (C=N–C) groups is 1. The molecule has 1 N–H and O–H groups in total. The zero-order valence-electron chi connectivity index (χ0n) is 9.54. The van der Waals surface area contributed by atoms with E-state index in [0.717, 1.165) is 19.4 Å². The summed E-state index contributed by atoms with van der Waals surface area (Å²) in [5.74, 6) is -1.18. The van der Waals surface area contributed by atoms with Crippen molar-refractivity contribution in [1.82, 2.24) is 0 Å². The molecule has 92 valence electrons. The van der Waals surface area contributed by atoms with Gasteiger partial charge in [0, 0.05) is 5.25 Å². The molecule has 0 saturated heterocycles. The van der Waals surface area contributed by atoms with Gasteiger partial charge in [0.25, 0.3) is 0 Å². The quantitative estimate of drug-likeness (QED) is 0.892. The smallest absolute Gasteiger partial charge is 0.161 e. The second kappa shape index (κ2) is 5.49. The van der Waals surface area contributed by atoms with Gasteiger partial charge >= 0.3 is 0 Å². The molecule has 1 aromatic carbocycles. The lowest BCUT2D eigenvalue weighted by atomic mass is 10.2. The Labute approximate surface area is 104 Å². The molecule has 0 aromatic heterocycles. The fourth-order valence-electron chi connectivity index (χ4n) is 1.68. The number of nitrogens with one attached hydrogen (secondary N) is 1. The van der Waals surface area contributed by atoms with Crippen molar-refractivity contribution in [3.8, 4) is 0 Å². The Morgan fingerprint density at radius 1 is 1.41 bits per heavy atom. The lowest BCUT2D eigenvalue weighted by molar-refractivity contribution is 0.591. The van der Waals surface area contributed by atoms with E-state index in [1.807, 2.05) is 0 Å². The lowest BCUT2D eigenvalue weighted by Gasteiger charge is -2.09. The zero-order valence-corrected chi connectivity index (χ0v) is 10.4. The van der Waals surface area contributed by atoms with Crippen LogP contribution in [0.15, 0.2) is 23.2 Å². The van der Waals surface area contributed by atoms with E-state index in [4.69, 9.17) is 0 Å². The molecule has 0 radical (unpaired) electrons. The van der Waals surface area contributed by atoms with Crippen LogP contribution < -0.4 is 5.32 Å². The first-order chi connectivity index (χ1) is 8.20. The number of thioether (sulfide) groups is 1. The molecule has 17 heavy (non-hydrogen) atoms. The van der Waals surface area contributed by atoms with E-state index in [0.29, 0.717) is 10.4 Å². The van der Waals surface area contributed by atoms with Gasteiger partial charge in [-0.25, -0.2) is 8.78 Å². The average Bonchev–Trinajstić information content (AvgIpc) is 2.72. The second-order valence-corrected chi connectivity index (χ2v) is 5.19. The molecule has 1 aromatic rings. The monoisotopic (exact) mass is 256 g/mol. The fraction of sp³-hybridized carbons (Fsp3) is 0.417. The first-order valence-corrected chi connectivity index (χ1v) is 6.50. The third-order valence-electron chi connectivity index (χ3n) is 2.52. The first kappa shape index (κ1) is 12.4.